The minimum atomic E-state index is 0.384. The number of nitrogens with one attached hydrogen (secondary N) is 1. The number of hydrogen-bond donors (Lipinski definition) is 1. The van der Waals surface area contributed by atoms with Gasteiger partial charge in [0.1, 0.15) is 0 Å². The van der Waals surface area contributed by atoms with Crippen LogP contribution in [0, 0.1) is 5.92 Å². The molecule has 2 saturated carbocycles. The number of benzene rings is 1. The van der Waals surface area contributed by atoms with E-state index < -0.39 is 0 Å². The van der Waals surface area contributed by atoms with Gasteiger partial charge in [0.25, 0.3) is 0 Å². The van der Waals surface area contributed by atoms with Gasteiger partial charge in [-0.15, -0.1) is 0 Å². The first-order valence-corrected chi connectivity index (χ1v) is 8.02. The van der Waals surface area contributed by atoms with Gasteiger partial charge in [-0.1, -0.05) is 11.6 Å². The maximum atomic E-state index is 5.90. The Bertz CT molecular complexity index is 626. The molecular weight excluding hydrogens is 284 g/mol. The summed E-state index contributed by atoms with van der Waals surface area (Å²) in [5, 5.41) is 13.4. The molecule has 1 aromatic carbocycles. The van der Waals surface area contributed by atoms with Gasteiger partial charge in [0.2, 0.25) is 0 Å². The Labute approximate surface area is 129 Å². The molecular formula is C16H19ClN4. The molecule has 0 unspecified atom stereocenters. The summed E-state index contributed by atoms with van der Waals surface area (Å²) in [4.78, 5) is 1.66. The van der Waals surface area contributed by atoms with Gasteiger partial charge in [0, 0.05) is 17.1 Å². The molecule has 0 aliphatic heterocycles. The largest absolute Gasteiger partial charge is 0.305 e. The highest BCUT2D eigenvalue weighted by atomic mass is 35.5. The summed E-state index contributed by atoms with van der Waals surface area (Å²) >= 11 is 5.90. The highest BCUT2D eigenvalue weighted by molar-refractivity contribution is 6.30. The molecule has 1 aromatic heterocycles. The van der Waals surface area contributed by atoms with Crippen LogP contribution in [-0.4, -0.2) is 20.5 Å². The van der Waals surface area contributed by atoms with Crippen molar-refractivity contribution in [1.82, 2.24) is 20.3 Å². The number of nitrogens with zero attached hydrogens (tertiary/aromatic N) is 3. The topological polar surface area (TPSA) is 42.7 Å². The first-order chi connectivity index (χ1) is 10.2. The first kappa shape index (κ1) is 13.3. The molecule has 5 heteroatoms. The SMILES string of the molecule is Clc1ccc(-n2ncc(CNC34CCC(CC3)C4)n2)cc1. The van der Waals surface area contributed by atoms with Crippen molar-refractivity contribution in [2.45, 2.75) is 44.2 Å². The van der Waals surface area contributed by atoms with Crippen LogP contribution in [-0.2, 0) is 6.54 Å². The van der Waals surface area contributed by atoms with E-state index in [-0.39, 0.29) is 0 Å². The smallest absolute Gasteiger partial charge is 0.0969 e. The lowest BCUT2D eigenvalue weighted by atomic mass is 9.94. The van der Waals surface area contributed by atoms with Crippen LogP contribution in [0.5, 0.6) is 0 Å². The van der Waals surface area contributed by atoms with E-state index in [1.165, 1.54) is 32.1 Å². The summed E-state index contributed by atoms with van der Waals surface area (Å²) < 4.78 is 0. The lowest BCUT2D eigenvalue weighted by Gasteiger charge is -2.27. The third-order valence-electron chi connectivity index (χ3n) is 4.98. The molecule has 2 bridgehead atoms. The van der Waals surface area contributed by atoms with Crippen LogP contribution in [0.1, 0.15) is 37.8 Å². The van der Waals surface area contributed by atoms with Crippen molar-refractivity contribution >= 4 is 11.6 Å². The summed E-state index contributed by atoms with van der Waals surface area (Å²) in [7, 11) is 0. The molecule has 21 heavy (non-hydrogen) atoms. The molecule has 2 fully saturated rings. The second kappa shape index (κ2) is 5.11. The van der Waals surface area contributed by atoms with Crippen molar-refractivity contribution in [2.24, 2.45) is 5.92 Å². The average Bonchev–Trinajstić information content (AvgIpc) is 3.22. The molecule has 2 aliphatic rings. The highest BCUT2D eigenvalue weighted by Crippen LogP contribution is 2.47. The normalized spacial score (nSPS) is 27.4. The lowest BCUT2D eigenvalue weighted by molar-refractivity contribution is 0.323. The Hall–Kier alpha value is -1.39. The van der Waals surface area contributed by atoms with Crippen molar-refractivity contribution in [3.05, 3.63) is 41.2 Å². The molecule has 0 saturated heterocycles. The Morgan fingerprint density at radius 2 is 2.00 bits per heavy atom. The molecule has 0 spiro atoms. The van der Waals surface area contributed by atoms with Gasteiger partial charge in [-0.25, -0.2) is 0 Å². The minimum Gasteiger partial charge on any atom is -0.305 e. The molecule has 0 atom stereocenters. The summed E-state index contributed by atoms with van der Waals surface area (Å²) in [6.07, 6.45) is 8.62. The van der Waals surface area contributed by atoms with Crippen LogP contribution in [0.4, 0.5) is 0 Å². The Morgan fingerprint density at radius 1 is 1.24 bits per heavy atom. The Balaban J connectivity index is 1.44. The fourth-order valence-electron chi connectivity index (χ4n) is 3.79. The zero-order valence-electron chi connectivity index (χ0n) is 11.9. The lowest BCUT2D eigenvalue weighted by Crippen LogP contribution is -2.40. The Morgan fingerprint density at radius 3 is 2.67 bits per heavy atom. The van der Waals surface area contributed by atoms with E-state index in [4.69, 9.17) is 11.6 Å². The predicted molar refractivity (Wildman–Crippen MR) is 82.5 cm³/mol. The van der Waals surface area contributed by atoms with E-state index in [9.17, 15) is 0 Å². The number of fused-ring (bicyclic) bond motifs is 2. The summed E-state index contributed by atoms with van der Waals surface area (Å²) in [5.41, 5.74) is 2.31. The van der Waals surface area contributed by atoms with Crippen molar-refractivity contribution in [3.8, 4) is 5.69 Å². The van der Waals surface area contributed by atoms with Gasteiger partial charge in [-0.2, -0.15) is 15.0 Å². The third kappa shape index (κ3) is 2.58. The molecule has 0 amide bonds. The van der Waals surface area contributed by atoms with Crippen molar-refractivity contribution < 1.29 is 0 Å². The molecule has 2 aliphatic carbocycles. The zero-order valence-corrected chi connectivity index (χ0v) is 12.7. The summed E-state index contributed by atoms with van der Waals surface area (Å²) in [5.74, 6) is 0.960. The fraction of sp³-hybridized carbons (Fsp3) is 0.500. The van der Waals surface area contributed by atoms with E-state index in [0.29, 0.717) is 5.54 Å². The number of hydrogen-bond acceptors (Lipinski definition) is 3. The molecule has 0 radical (unpaired) electrons. The summed E-state index contributed by atoms with van der Waals surface area (Å²) in [6, 6.07) is 7.57. The standard InChI is InChI=1S/C16H19ClN4/c17-13-1-3-15(4-2-13)21-19-11-14(20-21)10-18-16-7-5-12(9-16)6-8-16/h1-4,11-12,18H,5-10H2. The van der Waals surface area contributed by atoms with E-state index in [1.807, 2.05) is 30.5 Å². The van der Waals surface area contributed by atoms with Crippen LogP contribution in [0.25, 0.3) is 5.69 Å². The van der Waals surface area contributed by atoms with Crippen LogP contribution in [0.2, 0.25) is 5.02 Å². The Kier molecular flexibility index (Phi) is 3.23. The van der Waals surface area contributed by atoms with Crippen molar-refractivity contribution in [3.63, 3.8) is 0 Å². The van der Waals surface area contributed by atoms with Gasteiger partial charge in [0.15, 0.2) is 0 Å². The van der Waals surface area contributed by atoms with Crippen LogP contribution < -0.4 is 5.32 Å². The quantitative estimate of drug-likeness (QED) is 0.942. The van der Waals surface area contributed by atoms with Crippen LogP contribution in [0.3, 0.4) is 0 Å². The van der Waals surface area contributed by atoms with E-state index in [1.54, 1.807) is 4.80 Å². The summed E-state index contributed by atoms with van der Waals surface area (Å²) in [6.45, 7) is 0.806. The maximum Gasteiger partial charge on any atom is 0.0969 e. The van der Waals surface area contributed by atoms with E-state index in [0.717, 1.165) is 28.9 Å². The number of aromatic nitrogens is 3. The number of rotatable bonds is 4. The number of halogens is 1. The average molecular weight is 303 g/mol. The van der Waals surface area contributed by atoms with E-state index in [2.05, 4.69) is 15.5 Å². The van der Waals surface area contributed by atoms with Crippen LogP contribution in [0.15, 0.2) is 30.5 Å². The van der Waals surface area contributed by atoms with Crippen LogP contribution >= 0.6 is 11.6 Å². The molecule has 4 rings (SSSR count). The second-order valence-corrected chi connectivity index (χ2v) is 6.82. The van der Waals surface area contributed by atoms with Gasteiger partial charge in [-0.3, -0.25) is 0 Å². The van der Waals surface area contributed by atoms with Gasteiger partial charge in [0.05, 0.1) is 17.6 Å². The van der Waals surface area contributed by atoms with Gasteiger partial charge in [-0.05, 0) is 62.3 Å². The van der Waals surface area contributed by atoms with Gasteiger partial charge < -0.3 is 5.32 Å². The van der Waals surface area contributed by atoms with Crippen molar-refractivity contribution in [2.75, 3.05) is 0 Å². The first-order valence-electron chi connectivity index (χ1n) is 7.65. The maximum absolute atomic E-state index is 5.90. The zero-order chi connectivity index (χ0) is 14.3. The predicted octanol–water partition coefficient (Wildman–Crippen LogP) is 3.34. The third-order valence-corrected chi connectivity index (χ3v) is 5.24. The van der Waals surface area contributed by atoms with Gasteiger partial charge >= 0.3 is 0 Å². The molecule has 2 aromatic rings. The molecule has 4 nitrogen and oxygen atoms in total. The molecule has 110 valence electrons. The monoisotopic (exact) mass is 302 g/mol. The van der Waals surface area contributed by atoms with Crippen molar-refractivity contribution in [1.29, 1.82) is 0 Å². The highest BCUT2D eigenvalue weighted by Gasteiger charge is 2.44. The fourth-order valence-corrected chi connectivity index (χ4v) is 3.92. The molecule has 1 heterocycles. The molecule has 1 N–H and O–H groups in total. The van der Waals surface area contributed by atoms with E-state index >= 15 is 0 Å². The second-order valence-electron chi connectivity index (χ2n) is 6.38. The minimum absolute atomic E-state index is 0.384.